The SMILES string of the molecule is CC(N)Cc1ccc2[nH]c3ncccc3c2c1. The minimum absolute atomic E-state index is 0.191. The van der Waals surface area contributed by atoms with Gasteiger partial charge in [0.2, 0.25) is 0 Å². The van der Waals surface area contributed by atoms with Gasteiger partial charge in [0.05, 0.1) is 0 Å². The van der Waals surface area contributed by atoms with Crippen LogP contribution in [-0.4, -0.2) is 16.0 Å². The van der Waals surface area contributed by atoms with E-state index < -0.39 is 0 Å². The van der Waals surface area contributed by atoms with Crippen molar-refractivity contribution in [3.05, 3.63) is 42.1 Å². The smallest absolute Gasteiger partial charge is 0.138 e. The number of rotatable bonds is 2. The van der Waals surface area contributed by atoms with Crippen molar-refractivity contribution in [1.82, 2.24) is 9.97 Å². The molecule has 0 bridgehead atoms. The van der Waals surface area contributed by atoms with E-state index in [0.29, 0.717) is 0 Å². The molecule has 0 radical (unpaired) electrons. The molecule has 0 aliphatic carbocycles. The molecule has 0 saturated carbocycles. The van der Waals surface area contributed by atoms with Gasteiger partial charge in [-0.05, 0) is 43.2 Å². The fraction of sp³-hybridized carbons (Fsp3) is 0.214. The van der Waals surface area contributed by atoms with Crippen LogP contribution in [0.25, 0.3) is 21.9 Å². The van der Waals surface area contributed by atoms with Crippen molar-refractivity contribution in [1.29, 1.82) is 0 Å². The third kappa shape index (κ3) is 1.78. The van der Waals surface area contributed by atoms with Gasteiger partial charge in [-0.2, -0.15) is 0 Å². The van der Waals surface area contributed by atoms with Crippen LogP contribution in [0.15, 0.2) is 36.5 Å². The maximum atomic E-state index is 5.84. The Kier molecular flexibility index (Phi) is 2.34. The number of H-pyrrole nitrogens is 1. The van der Waals surface area contributed by atoms with Crippen molar-refractivity contribution < 1.29 is 0 Å². The van der Waals surface area contributed by atoms with Crippen molar-refractivity contribution in [3.8, 4) is 0 Å². The molecule has 3 aromatic rings. The van der Waals surface area contributed by atoms with Crippen molar-refractivity contribution in [2.75, 3.05) is 0 Å². The van der Waals surface area contributed by atoms with Crippen molar-refractivity contribution in [3.63, 3.8) is 0 Å². The molecule has 3 heteroatoms. The number of hydrogen-bond acceptors (Lipinski definition) is 2. The van der Waals surface area contributed by atoms with E-state index in [1.807, 2.05) is 13.0 Å². The van der Waals surface area contributed by atoms with Crippen LogP contribution >= 0.6 is 0 Å². The fourth-order valence-corrected chi connectivity index (χ4v) is 2.27. The molecule has 3 N–H and O–H groups in total. The van der Waals surface area contributed by atoms with Gasteiger partial charge >= 0.3 is 0 Å². The first-order chi connectivity index (χ1) is 8.24. The zero-order valence-corrected chi connectivity index (χ0v) is 9.77. The maximum Gasteiger partial charge on any atom is 0.138 e. The van der Waals surface area contributed by atoms with E-state index in [-0.39, 0.29) is 6.04 Å². The highest BCUT2D eigenvalue weighted by Gasteiger charge is 2.06. The second kappa shape index (κ2) is 3.86. The van der Waals surface area contributed by atoms with E-state index in [2.05, 4.69) is 34.2 Å². The molecule has 0 amide bonds. The number of aromatic amines is 1. The summed E-state index contributed by atoms with van der Waals surface area (Å²) in [6.07, 6.45) is 2.71. The van der Waals surface area contributed by atoms with Crippen LogP contribution in [0.2, 0.25) is 0 Å². The van der Waals surface area contributed by atoms with E-state index >= 15 is 0 Å². The Morgan fingerprint density at radius 2 is 2.18 bits per heavy atom. The van der Waals surface area contributed by atoms with Crippen LogP contribution in [0, 0.1) is 0 Å². The van der Waals surface area contributed by atoms with Crippen molar-refractivity contribution >= 4 is 21.9 Å². The minimum atomic E-state index is 0.191. The molecule has 0 aliphatic rings. The first-order valence-corrected chi connectivity index (χ1v) is 5.85. The third-order valence-electron chi connectivity index (χ3n) is 2.99. The molecule has 2 heterocycles. The van der Waals surface area contributed by atoms with Crippen LogP contribution in [0.3, 0.4) is 0 Å². The first kappa shape index (κ1) is 10.3. The van der Waals surface area contributed by atoms with Gasteiger partial charge in [0.1, 0.15) is 5.65 Å². The fourth-order valence-electron chi connectivity index (χ4n) is 2.27. The summed E-state index contributed by atoms with van der Waals surface area (Å²) in [6, 6.07) is 10.7. The molecule has 1 atom stereocenters. The predicted octanol–water partition coefficient (Wildman–Crippen LogP) is 2.61. The first-order valence-electron chi connectivity index (χ1n) is 5.85. The molecule has 0 saturated heterocycles. The number of nitrogens with one attached hydrogen (secondary N) is 1. The zero-order valence-electron chi connectivity index (χ0n) is 9.77. The second-order valence-electron chi connectivity index (χ2n) is 4.59. The highest BCUT2D eigenvalue weighted by Crippen LogP contribution is 2.24. The molecule has 0 aliphatic heterocycles. The Labute approximate surface area is 99.7 Å². The van der Waals surface area contributed by atoms with Gasteiger partial charge in [0, 0.05) is 28.5 Å². The summed E-state index contributed by atoms with van der Waals surface area (Å²) in [7, 11) is 0. The van der Waals surface area contributed by atoms with Crippen molar-refractivity contribution in [2.24, 2.45) is 5.73 Å². The molecule has 1 unspecified atom stereocenters. The molecule has 17 heavy (non-hydrogen) atoms. The summed E-state index contributed by atoms with van der Waals surface area (Å²) in [5.41, 5.74) is 9.19. The Bertz CT molecular complexity index is 667. The third-order valence-corrected chi connectivity index (χ3v) is 2.99. The largest absolute Gasteiger partial charge is 0.339 e. The van der Waals surface area contributed by atoms with Crippen LogP contribution in [0.5, 0.6) is 0 Å². The summed E-state index contributed by atoms with van der Waals surface area (Å²) < 4.78 is 0. The lowest BCUT2D eigenvalue weighted by atomic mass is 10.0. The van der Waals surface area contributed by atoms with Crippen LogP contribution in [-0.2, 0) is 6.42 Å². The highest BCUT2D eigenvalue weighted by molar-refractivity contribution is 6.05. The molecule has 1 aromatic carbocycles. The summed E-state index contributed by atoms with van der Waals surface area (Å²) in [5.74, 6) is 0. The van der Waals surface area contributed by atoms with E-state index in [0.717, 1.165) is 17.6 Å². The van der Waals surface area contributed by atoms with Gasteiger partial charge in [0.15, 0.2) is 0 Å². The van der Waals surface area contributed by atoms with Crippen LogP contribution in [0.1, 0.15) is 12.5 Å². The number of aromatic nitrogens is 2. The standard InChI is InChI=1S/C14H15N3/c1-9(15)7-10-4-5-13-12(8-10)11-3-2-6-16-14(11)17-13/h2-6,8-9H,7,15H2,1H3,(H,16,17). The maximum absolute atomic E-state index is 5.84. The average molecular weight is 225 g/mol. The number of nitrogens with zero attached hydrogens (tertiary/aromatic N) is 1. The molecule has 0 spiro atoms. The van der Waals surface area contributed by atoms with Gasteiger partial charge in [-0.15, -0.1) is 0 Å². The quantitative estimate of drug-likeness (QED) is 0.704. The van der Waals surface area contributed by atoms with E-state index in [4.69, 9.17) is 5.73 Å². The van der Waals surface area contributed by atoms with Crippen LogP contribution < -0.4 is 5.73 Å². The van der Waals surface area contributed by atoms with Gasteiger partial charge in [-0.25, -0.2) is 4.98 Å². The number of pyridine rings is 1. The predicted molar refractivity (Wildman–Crippen MR) is 71.0 cm³/mol. The molecule has 2 aromatic heterocycles. The summed E-state index contributed by atoms with van der Waals surface area (Å²) in [4.78, 5) is 7.64. The van der Waals surface area contributed by atoms with Gasteiger partial charge in [0.25, 0.3) is 0 Å². The Morgan fingerprint density at radius 3 is 3.00 bits per heavy atom. The Balaban J connectivity index is 2.23. The summed E-state index contributed by atoms with van der Waals surface area (Å²) >= 11 is 0. The summed E-state index contributed by atoms with van der Waals surface area (Å²) in [6.45, 7) is 2.03. The number of fused-ring (bicyclic) bond motifs is 3. The van der Waals surface area contributed by atoms with E-state index in [9.17, 15) is 0 Å². The van der Waals surface area contributed by atoms with Gasteiger partial charge in [-0.3, -0.25) is 0 Å². The number of nitrogens with two attached hydrogens (primary N) is 1. The molecule has 3 nitrogen and oxygen atoms in total. The minimum Gasteiger partial charge on any atom is -0.339 e. The van der Waals surface area contributed by atoms with Gasteiger partial charge in [-0.1, -0.05) is 6.07 Å². The lowest BCUT2D eigenvalue weighted by Crippen LogP contribution is -2.17. The summed E-state index contributed by atoms with van der Waals surface area (Å²) in [5, 5.41) is 2.40. The van der Waals surface area contributed by atoms with Crippen molar-refractivity contribution in [2.45, 2.75) is 19.4 Å². The van der Waals surface area contributed by atoms with E-state index in [1.165, 1.54) is 16.3 Å². The molecular formula is C14H15N3. The zero-order chi connectivity index (χ0) is 11.8. The number of benzene rings is 1. The lowest BCUT2D eigenvalue weighted by Gasteiger charge is -2.04. The molecule has 3 rings (SSSR count). The van der Waals surface area contributed by atoms with Gasteiger partial charge < -0.3 is 10.7 Å². The Hall–Kier alpha value is -1.87. The second-order valence-corrected chi connectivity index (χ2v) is 4.59. The normalized spacial score (nSPS) is 13.3. The van der Waals surface area contributed by atoms with Crippen LogP contribution in [0.4, 0.5) is 0 Å². The molecular weight excluding hydrogens is 210 g/mol. The number of hydrogen-bond donors (Lipinski definition) is 2. The Morgan fingerprint density at radius 1 is 1.29 bits per heavy atom. The highest BCUT2D eigenvalue weighted by atomic mass is 14.8. The average Bonchev–Trinajstić information content (AvgIpc) is 2.66. The topological polar surface area (TPSA) is 54.7 Å². The molecule has 0 fully saturated rings. The molecule has 86 valence electrons. The monoisotopic (exact) mass is 225 g/mol. The van der Waals surface area contributed by atoms with E-state index in [1.54, 1.807) is 6.20 Å². The lowest BCUT2D eigenvalue weighted by molar-refractivity contribution is 0.739.